The molecule has 6 nitrogen and oxygen atoms in total. The SMILES string of the molecule is O=C(Cn1nc(C2CC2)cc1C(F)F)Nc1nn(Cc2ccc(Cl)cc2Cl)cc1Br. The highest BCUT2D eigenvalue weighted by atomic mass is 79.9. The maximum absolute atomic E-state index is 13.3. The fourth-order valence-corrected chi connectivity index (χ4v) is 3.91. The minimum Gasteiger partial charge on any atom is -0.307 e. The molecule has 0 radical (unpaired) electrons. The number of carbonyl (C=O) groups is 1. The Balaban J connectivity index is 1.45. The average Bonchev–Trinajstić information content (AvgIpc) is 3.35. The van der Waals surface area contributed by atoms with Crippen LogP contribution < -0.4 is 5.32 Å². The first-order valence-electron chi connectivity index (χ1n) is 9.12. The minimum absolute atomic E-state index is 0.219. The molecule has 158 valence electrons. The molecule has 1 aliphatic carbocycles. The van der Waals surface area contributed by atoms with Gasteiger partial charge in [0.15, 0.2) is 5.82 Å². The first-order chi connectivity index (χ1) is 14.3. The highest BCUT2D eigenvalue weighted by molar-refractivity contribution is 9.10. The quantitative estimate of drug-likeness (QED) is 0.439. The first-order valence-corrected chi connectivity index (χ1v) is 10.7. The van der Waals surface area contributed by atoms with Crippen LogP contribution in [0.5, 0.6) is 0 Å². The van der Waals surface area contributed by atoms with Crippen LogP contribution in [0.2, 0.25) is 10.0 Å². The maximum Gasteiger partial charge on any atom is 0.280 e. The number of nitrogens with zero attached hydrogens (tertiary/aromatic N) is 4. The zero-order chi connectivity index (χ0) is 21.4. The lowest BCUT2D eigenvalue weighted by molar-refractivity contribution is -0.117. The third kappa shape index (κ3) is 4.84. The third-order valence-electron chi connectivity index (χ3n) is 4.66. The standard InChI is InChI=1S/C19H16BrCl2F2N5O/c20-13-8-28(7-11-3-4-12(21)5-14(11)22)27-19(13)25-17(30)9-29-16(18(23)24)6-15(26-29)10-1-2-10/h3-6,8,10,18H,1-2,7,9H2,(H,25,27,30). The molecule has 11 heteroatoms. The van der Waals surface area contributed by atoms with Gasteiger partial charge < -0.3 is 5.32 Å². The van der Waals surface area contributed by atoms with Crippen LogP contribution in [0.3, 0.4) is 0 Å². The summed E-state index contributed by atoms with van der Waals surface area (Å²) in [4.78, 5) is 12.4. The molecule has 2 aromatic heterocycles. The summed E-state index contributed by atoms with van der Waals surface area (Å²) < 4.78 is 29.8. The molecule has 0 unspecified atom stereocenters. The molecule has 2 heterocycles. The van der Waals surface area contributed by atoms with E-state index in [1.165, 1.54) is 6.07 Å². The number of alkyl halides is 2. The number of anilines is 1. The Morgan fingerprint density at radius 1 is 1.27 bits per heavy atom. The monoisotopic (exact) mass is 517 g/mol. The number of halogens is 5. The van der Waals surface area contributed by atoms with E-state index in [1.54, 1.807) is 29.1 Å². The Kier molecular flexibility index (Phi) is 6.13. The highest BCUT2D eigenvalue weighted by Gasteiger charge is 2.29. The van der Waals surface area contributed by atoms with Gasteiger partial charge in [-0.2, -0.15) is 10.2 Å². The maximum atomic E-state index is 13.3. The highest BCUT2D eigenvalue weighted by Crippen LogP contribution is 2.40. The normalized spacial score (nSPS) is 13.8. The van der Waals surface area contributed by atoms with Gasteiger partial charge in [0.2, 0.25) is 5.91 Å². The van der Waals surface area contributed by atoms with Crippen molar-refractivity contribution in [3.8, 4) is 0 Å². The van der Waals surface area contributed by atoms with E-state index in [4.69, 9.17) is 23.2 Å². The van der Waals surface area contributed by atoms with Crippen LogP contribution >= 0.6 is 39.1 Å². The smallest absolute Gasteiger partial charge is 0.280 e. The molecule has 0 atom stereocenters. The predicted octanol–water partition coefficient (Wildman–Crippen LogP) is 5.65. The van der Waals surface area contributed by atoms with Crippen molar-refractivity contribution in [2.45, 2.75) is 38.3 Å². The van der Waals surface area contributed by atoms with Crippen molar-refractivity contribution < 1.29 is 13.6 Å². The van der Waals surface area contributed by atoms with Gasteiger partial charge in [-0.15, -0.1) is 0 Å². The van der Waals surface area contributed by atoms with Crippen LogP contribution in [0.25, 0.3) is 0 Å². The lowest BCUT2D eigenvalue weighted by atomic mass is 10.2. The molecule has 0 bridgehead atoms. The van der Waals surface area contributed by atoms with Gasteiger partial charge in [-0.05, 0) is 52.5 Å². The van der Waals surface area contributed by atoms with Gasteiger partial charge in [-0.3, -0.25) is 14.2 Å². The van der Waals surface area contributed by atoms with Crippen molar-refractivity contribution >= 4 is 50.9 Å². The summed E-state index contributed by atoms with van der Waals surface area (Å²) in [5.74, 6) is -0.00701. The Morgan fingerprint density at radius 3 is 2.70 bits per heavy atom. The fourth-order valence-electron chi connectivity index (χ4n) is 3.03. The molecule has 30 heavy (non-hydrogen) atoms. The molecule has 1 N–H and O–H groups in total. The van der Waals surface area contributed by atoms with E-state index in [0.717, 1.165) is 23.1 Å². The molecule has 1 amide bonds. The molecular formula is C19H16BrCl2F2N5O. The third-order valence-corrected chi connectivity index (χ3v) is 5.83. The molecule has 1 fully saturated rings. The fraction of sp³-hybridized carbons (Fsp3) is 0.316. The van der Waals surface area contributed by atoms with Crippen molar-refractivity contribution in [1.82, 2.24) is 19.6 Å². The van der Waals surface area contributed by atoms with Gasteiger partial charge >= 0.3 is 0 Å². The lowest BCUT2D eigenvalue weighted by Crippen LogP contribution is -2.21. The second kappa shape index (κ2) is 8.64. The number of carbonyl (C=O) groups excluding carboxylic acids is 1. The number of benzene rings is 1. The Hall–Kier alpha value is -1.97. The van der Waals surface area contributed by atoms with Crippen molar-refractivity contribution in [3.05, 3.63) is 61.9 Å². The predicted molar refractivity (Wildman–Crippen MR) is 113 cm³/mol. The van der Waals surface area contributed by atoms with E-state index in [2.05, 4.69) is 31.4 Å². The zero-order valence-corrected chi connectivity index (χ0v) is 18.6. The van der Waals surface area contributed by atoms with Crippen LogP contribution in [0.4, 0.5) is 14.6 Å². The number of aromatic nitrogens is 4. The van der Waals surface area contributed by atoms with Crippen molar-refractivity contribution in [1.29, 1.82) is 0 Å². The largest absolute Gasteiger partial charge is 0.307 e. The number of nitrogens with one attached hydrogen (secondary N) is 1. The van der Waals surface area contributed by atoms with Gasteiger partial charge in [0.05, 0.1) is 16.7 Å². The van der Waals surface area contributed by atoms with Crippen LogP contribution in [0.15, 0.2) is 34.9 Å². The van der Waals surface area contributed by atoms with E-state index in [0.29, 0.717) is 26.8 Å². The number of hydrogen-bond acceptors (Lipinski definition) is 3. The molecule has 0 spiro atoms. The van der Waals surface area contributed by atoms with Crippen LogP contribution in [0, 0.1) is 0 Å². The summed E-state index contributed by atoms with van der Waals surface area (Å²) in [7, 11) is 0. The molecule has 3 aromatic rings. The molecule has 4 rings (SSSR count). The second-order valence-electron chi connectivity index (χ2n) is 7.03. The Labute approximate surface area is 189 Å². The summed E-state index contributed by atoms with van der Waals surface area (Å²) in [5, 5.41) is 12.2. The van der Waals surface area contributed by atoms with Crippen LogP contribution in [-0.4, -0.2) is 25.5 Å². The zero-order valence-electron chi connectivity index (χ0n) is 15.5. The minimum atomic E-state index is -2.70. The van der Waals surface area contributed by atoms with E-state index in [9.17, 15) is 13.6 Å². The number of amides is 1. The summed E-state index contributed by atoms with van der Waals surface area (Å²) in [6, 6.07) is 6.54. The van der Waals surface area contributed by atoms with Gasteiger partial charge in [0.1, 0.15) is 12.2 Å². The second-order valence-corrected chi connectivity index (χ2v) is 8.73. The number of rotatable bonds is 7. The van der Waals surface area contributed by atoms with Gasteiger partial charge in [0, 0.05) is 22.2 Å². The molecular weight excluding hydrogens is 503 g/mol. The van der Waals surface area contributed by atoms with Crippen molar-refractivity contribution in [2.24, 2.45) is 0 Å². The lowest BCUT2D eigenvalue weighted by Gasteiger charge is -2.07. The van der Waals surface area contributed by atoms with E-state index >= 15 is 0 Å². The summed E-state index contributed by atoms with van der Waals surface area (Å²) in [6.45, 7) is 0.0403. The average molecular weight is 519 g/mol. The number of hydrogen-bond donors (Lipinski definition) is 1. The summed E-state index contributed by atoms with van der Waals surface area (Å²) >= 11 is 15.5. The van der Waals surface area contributed by atoms with E-state index in [-0.39, 0.29) is 24.0 Å². The molecule has 0 saturated heterocycles. The van der Waals surface area contributed by atoms with Gasteiger partial charge in [-0.25, -0.2) is 8.78 Å². The van der Waals surface area contributed by atoms with Crippen molar-refractivity contribution in [2.75, 3.05) is 5.32 Å². The summed E-state index contributed by atoms with van der Waals surface area (Å²) in [6.07, 6.45) is 0.861. The molecule has 1 saturated carbocycles. The Morgan fingerprint density at radius 2 is 2.03 bits per heavy atom. The topological polar surface area (TPSA) is 64.7 Å². The van der Waals surface area contributed by atoms with E-state index in [1.807, 2.05) is 0 Å². The Bertz CT molecular complexity index is 1100. The van der Waals surface area contributed by atoms with Crippen LogP contribution in [0.1, 0.15) is 42.1 Å². The summed E-state index contributed by atoms with van der Waals surface area (Å²) in [5.41, 5.74) is 1.16. The van der Waals surface area contributed by atoms with Crippen LogP contribution in [-0.2, 0) is 17.9 Å². The van der Waals surface area contributed by atoms with Gasteiger partial charge in [0.25, 0.3) is 6.43 Å². The van der Waals surface area contributed by atoms with E-state index < -0.39 is 12.3 Å². The molecule has 0 aliphatic heterocycles. The van der Waals surface area contributed by atoms with Crippen molar-refractivity contribution in [3.63, 3.8) is 0 Å². The van der Waals surface area contributed by atoms with Gasteiger partial charge in [-0.1, -0.05) is 29.3 Å². The first kappa shape index (κ1) is 21.3. The molecule has 1 aliphatic rings. The molecule has 1 aromatic carbocycles.